The standard InChI is InChI=1S/C13H17BrN2O/c1-9(10-4-2-3-5-10)16-13(17)11-6-7-12(14)15-8-11/h6-10H,2-5H2,1H3,(H,16,17). The Morgan fingerprint density at radius 2 is 2.18 bits per heavy atom. The fourth-order valence-corrected chi connectivity index (χ4v) is 2.61. The van der Waals surface area contributed by atoms with Gasteiger partial charge in [-0.3, -0.25) is 4.79 Å². The van der Waals surface area contributed by atoms with Crippen LogP contribution in [0.1, 0.15) is 43.0 Å². The minimum absolute atomic E-state index is 0.0237. The Balaban J connectivity index is 1.94. The van der Waals surface area contributed by atoms with Crippen LogP contribution in [0.25, 0.3) is 0 Å². The summed E-state index contributed by atoms with van der Waals surface area (Å²) in [5, 5.41) is 3.06. The summed E-state index contributed by atoms with van der Waals surface area (Å²) in [5.41, 5.74) is 0.623. The van der Waals surface area contributed by atoms with Crippen molar-refractivity contribution in [3.05, 3.63) is 28.5 Å². The number of amides is 1. The Bertz CT molecular complexity index is 385. The molecule has 1 N–H and O–H groups in total. The van der Waals surface area contributed by atoms with E-state index < -0.39 is 0 Å². The van der Waals surface area contributed by atoms with E-state index in [1.807, 2.05) is 0 Å². The number of nitrogens with zero attached hydrogens (tertiary/aromatic N) is 1. The second-order valence-electron chi connectivity index (χ2n) is 4.68. The predicted octanol–water partition coefficient (Wildman–Crippen LogP) is 3.15. The monoisotopic (exact) mass is 296 g/mol. The summed E-state index contributed by atoms with van der Waals surface area (Å²) in [6.07, 6.45) is 6.66. The van der Waals surface area contributed by atoms with Gasteiger partial charge in [0, 0.05) is 12.2 Å². The van der Waals surface area contributed by atoms with Gasteiger partial charge in [-0.05, 0) is 53.7 Å². The van der Waals surface area contributed by atoms with Crippen LogP contribution in [0.3, 0.4) is 0 Å². The lowest BCUT2D eigenvalue weighted by molar-refractivity contribution is 0.0927. The molecule has 0 bridgehead atoms. The lowest BCUT2D eigenvalue weighted by Crippen LogP contribution is -2.37. The third-order valence-corrected chi connectivity index (χ3v) is 3.92. The first kappa shape index (κ1) is 12.6. The van der Waals surface area contributed by atoms with Gasteiger partial charge in [-0.25, -0.2) is 4.98 Å². The van der Waals surface area contributed by atoms with Gasteiger partial charge in [0.1, 0.15) is 4.60 Å². The highest BCUT2D eigenvalue weighted by molar-refractivity contribution is 9.10. The molecule has 1 saturated carbocycles. The molecule has 1 atom stereocenters. The number of hydrogen-bond acceptors (Lipinski definition) is 2. The normalized spacial score (nSPS) is 18.0. The highest BCUT2D eigenvalue weighted by atomic mass is 79.9. The molecule has 1 aliphatic carbocycles. The molecule has 1 amide bonds. The number of rotatable bonds is 3. The largest absolute Gasteiger partial charge is 0.349 e. The van der Waals surface area contributed by atoms with Crippen molar-refractivity contribution in [1.82, 2.24) is 10.3 Å². The molecular weight excluding hydrogens is 280 g/mol. The topological polar surface area (TPSA) is 42.0 Å². The maximum Gasteiger partial charge on any atom is 0.253 e. The van der Waals surface area contributed by atoms with Crippen LogP contribution in [0.4, 0.5) is 0 Å². The number of hydrogen-bond donors (Lipinski definition) is 1. The molecule has 0 spiro atoms. The van der Waals surface area contributed by atoms with Crippen LogP contribution in [0.2, 0.25) is 0 Å². The number of carbonyl (C=O) groups is 1. The fourth-order valence-electron chi connectivity index (χ4n) is 2.38. The van der Waals surface area contributed by atoms with Gasteiger partial charge in [-0.15, -0.1) is 0 Å². The summed E-state index contributed by atoms with van der Waals surface area (Å²) < 4.78 is 0.748. The van der Waals surface area contributed by atoms with Gasteiger partial charge in [0.05, 0.1) is 5.56 Å². The van der Waals surface area contributed by atoms with Crippen LogP contribution in [0, 0.1) is 5.92 Å². The zero-order chi connectivity index (χ0) is 12.3. The van der Waals surface area contributed by atoms with Crippen molar-refractivity contribution in [3.63, 3.8) is 0 Å². The van der Waals surface area contributed by atoms with Crippen molar-refractivity contribution in [3.8, 4) is 0 Å². The van der Waals surface area contributed by atoms with Gasteiger partial charge < -0.3 is 5.32 Å². The minimum atomic E-state index is -0.0237. The molecule has 0 saturated heterocycles. The molecule has 1 aromatic rings. The van der Waals surface area contributed by atoms with Crippen molar-refractivity contribution in [2.24, 2.45) is 5.92 Å². The first-order valence-electron chi connectivity index (χ1n) is 6.09. The summed E-state index contributed by atoms with van der Waals surface area (Å²) in [5.74, 6) is 0.617. The Labute approximate surface area is 110 Å². The van der Waals surface area contributed by atoms with Crippen LogP contribution in [-0.4, -0.2) is 16.9 Å². The third-order valence-electron chi connectivity index (χ3n) is 3.46. The van der Waals surface area contributed by atoms with Gasteiger partial charge in [0.15, 0.2) is 0 Å². The van der Waals surface area contributed by atoms with Crippen LogP contribution in [0.5, 0.6) is 0 Å². The van der Waals surface area contributed by atoms with E-state index in [-0.39, 0.29) is 11.9 Å². The average molecular weight is 297 g/mol. The molecule has 1 fully saturated rings. The van der Waals surface area contributed by atoms with Gasteiger partial charge in [-0.1, -0.05) is 12.8 Å². The molecule has 17 heavy (non-hydrogen) atoms. The summed E-state index contributed by atoms with van der Waals surface area (Å²) in [6.45, 7) is 2.10. The van der Waals surface area contributed by atoms with E-state index in [9.17, 15) is 4.79 Å². The number of carbonyl (C=O) groups excluding carboxylic acids is 1. The Kier molecular flexibility index (Phi) is 4.15. The quantitative estimate of drug-likeness (QED) is 0.871. The molecule has 0 aliphatic heterocycles. The molecule has 1 heterocycles. The first-order valence-corrected chi connectivity index (χ1v) is 6.88. The van der Waals surface area contributed by atoms with Crippen LogP contribution in [0.15, 0.2) is 22.9 Å². The average Bonchev–Trinajstić information content (AvgIpc) is 2.83. The molecule has 0 aromatic carbocycles. The van der Waals surface area contributed by atoms with Gasteiger partial charge in [0.25, 0.3) is 5.91 Å². The summed E-state index contributed by atoms with van der Waals surface area (Å²) in [7, 11) is 0. The number of pyridine rings is 1. The Morgan fingerprint density at radius 3 is 2.76 bits per heavy atom. The summed E-state index contributed by atoms with van der Waals surface area (Å²) >= 11 is 3.26. The molecule has 1 unspecified atom stereocenters. The van der Waals surface area contributed by atoms with Crippen molar-refractivity contribution < 1.29 is 4.79 Å². The fraction of sp³-hybridized carbons (Fsp3) is 0.538. The first-order chi connectivity index (χ1) is 8.16. The van der Waals surface area contributed by atoms with E-state index in [2.05, 4.69) is 33.2 Å². The maximum absolute atomic E-state index is 12.0. The zero-order valence-corrected chi connectivity index (χ0v) is 11.5. The van der Waals surface area contributed by atoms with Crippen molar-refractivity contribution in [2.75, 3.05) is 0 Å². The van der Waals surface area contributed by atoms with Gasteiger partial charge >= 0.3 is 0 Å². The predicted molar refractivity (Wildman–Crippen MR) is 70.8 cm³/mol. The zero-order valence-electron chi connectivity index (χ0n) is 9.95. The second kappa shape index (κ2) is 5.63. The lowest BCUT2D eigenvalue weighted by atomic mass is 9.99. The Morgan fingerprint density at radius 1 is 1.47 bits per heavy atom. The van der Waals surface area contributed by atoms with Crippen LogP contribution >= 0.6 is 15.9 Å². The second-order valence-corrected chi connectivity index (χ2v) is 5.49. The molecule has 92 valence electrons. The SMILES string of the molecule is CC(NC(=O)c1ccc(Br)nc1)C1CCCC1. The molecule has 2 rings (SSSR count). The molecule has 3 nitrogen and oxygen atoms in total. The Hall–Kier alpha value is -0.900. The lowest BCUT2D eigenvalue weighted by Gasteiger charge is -2.20. The molecular formula is C13H17BrN2O. The van der Waals surface area contributed by atoms with E-state index >= 15 is 0 Å². The van der Waals surface area contributed by atoms with E-state index in [1.165, 1.54) is 25.7 Å². The number of halogens is 1. The number of aromatic nitrogens is 1. The van der Waals surface area contributed by atoms with Crippen molar-refractivity contribution in [2.45, 2.75) is 38.6 Å². The highest BCUT2D eigenvalue weighted by Gasteiger charge is 2.23. The smallest absolute Gasteiger partial charge is 0.253 e. The minimum Gasteiger partial charge on any atom is -0.349 e. The third kappa shape index (κ3) is 3.28. The molecule has 0 radical (unpaired) electrons. The van der Waals surface area contributed by atoms with Crippen molar-refractivity contribution >= 4 is 21.8 Å². The van der Waals surface area contributed by atoms with Crippen LogP contribution < -0.4 is 5.32 Å². The maximum atomic E-state index is 12.0. The van der Waals surface area contributed by atoms with E-state index in [4.69, 9.17) is 0 Å². The number of nitrogens with one attached hydrogen (secondary N) is 1. The van der Waals surface area contributed by atoms with E-state index in [0.29, 0.717) is 11.5 Å². The van der Waals surface area contributed by atoms with Gasteiger partial charge in [0.2, 0.25) is 0 Å². The van der Waals surface area contributed by atoms with E-state index in [1.54, 1.807) is 18.3 Å². The van der Waals surface area contributed by atoms with Crippen molar-refractivity contribution in [1.29, 1.82) is 0 Å². The van der Waals surface area contributed by atoms with Gasteiger partial charge in [-0.2, -0.15) is 0 Å². The van der Waals surface area contributed by atoms with E-state index in [0.717, 1.165) is 4.60 Å². The molecule has 1 aliphatic rings. The summed E-state index contributed by atoms with van der Waals surface area (Å²) in [6, 6.07) is 3.83. The highest BCUT2D eigenvalue weighted by Crippen LogP contribution is 2.27. The van der Waals surface area contributed by atoms with Crippen LogP contribution in [-0.2, 0) is 0 Å². The molecule has 4 heteroatoms. The molecule has 1 aromatic heterocycles. The summed E-state index contributed by atoms with van der Waals surface area (Å²) in [4.78, 5) is 16.0.